The van der Waals surface area contributed by atoms with E-state index in [1.54, 1.807) is 12.1 Å². The van der Waals surface area contributed by atoms with E-state index >= 15 is 0 Å². The molecule has 2 aromatic rings. The van der Waals surface area contributed by atoms with Gasteiger partial charge in [0.15, 0.2) is 0 Å². The largest absolute Gasteiger partial charge is 0.451 e. The second-order valence-corrected chi connectivity index (χ2v) is 4.02. The average molecular weight is 267 g/mol. The fourth-order valence-corrected chi connectivity index (χ4v) is 1.70. The van der Waals surface area contributed by atoms with Crippen molar-refractivity contribution in [3.63, 3.8) is 0 Å². The van der Waals surface area contributed by atoms with Crippen molar-refractivity contribution >= 4 is 5.82 Å². The smallest absolute Gasteiger partial charge is 0.373 e. The molecule has 19 heavy (non-hydrogen) atoms. The van der Waals surface area contributed by atoms with Crippen molar-refractivity contribution in [1.82, 2.24) is 9.97 Å². The first-order valence-corrected chi connectivity index (χ1v) is 5.62. The second-order valence-electron chi connectivity index (χ2n) is 4.02. The summed E-state index contributed by atoms with van der Waals surface area (Å²) in [5.74, 6) is -1.00. The second kappa shape index (κ2) is 4.87. The molecule has 0 saturated heterocycles. The van der Waals surface area contributed by atoms with Crippen LogP contribution in [0.25, 0.3) is 11.3 Å². The molecule has 2 rings (SSSR count). The van der Waals surface area contributed by atoms with E-state index in [1.807, 2.05) is 19.1 Å². The molecule has 1 heterocycles. The van der Waals surface area contributed by atoms with Gasteiger partial charge in [-0.2, -0.15) is 13.2 Å². The van der Waals surface area contributed by atoms with E-state index in [0.717, 1.165) is 5.56 Å². The molecule has 1 aromatic heterocycles. The van der Waals surface area contributed by atoms with Gasteiger partial charge in [0.2, 0.25) is 5.82 Å². The van der Waals surface area contributed by atoms with E-state index in [-0.39, 0.29) is 11.5 Å². The number of aromatic nitrogens is 2. The van der Waals surface area contributed by atoms with Gasteiger partial charge in [-0.25, -0.2) is 9.97 Å². The maximum absolute atomic E-state index is 12.7. The van der Waals surface area contributed by atoms with E-state index in [1.165, 1.54) is 13.1 Å². The zero-order valence-electron chi connectivity index (χ0n) is 10.4. The fraction of sp³-hybridized carbons (Fsp3) is 0.231. The van der Waals surface area contributed by atoms with Gasteiger partial charge >= 0.3 is 6.18 Å². The molecule has 0 bridgehead atoms. The van der Waals surface area contributed by atoms with Crippen LogP contribution in [0, 0.1) is 6.92 Å². The van der Waals surface area contributed by atoms with Gasteiger partial charge in [0, 0.05) is 18.7 Å². The summed E-state index contributed by atoms with van der Waals surface area (Å²) in [5, 5.41) is 2.62. The Kier molecular flexibility index (Phi) is 3.42. The highest BCUT2D eigenvalue weighted by molar-refractivity contribution is 5.66. The molecule has 0 atom stereocenters. The molecular formula is C13H12F3N3. The van der Waals surface area contributed by atoms with Gasteiger partial charge in [-0.05, 0) is 12.5 Å². The van der Waals surface area contributed by atoms with Crippen LogP contribution < -0.4 is 5.32 Å². The van der Waals surface area contributed by atoms with E-state index < -0.39 is 12.0 Å². The highest BCUT2D eigenvalue weighted by Gasteiger charge is 2.35. The van der Waals surface area contributed by atoms with Gasteiger partial charge in [0.1, 0.15) is 5.82 Å². The van der Waals surface area contributed by atoms with Crippen LogP contribution in [0.4, 0.5) is 19.0 Å². The summed E-state index contributed by atoms with van der Waals surface area (Å²) in [6.45, 7) is 1.82. The van der Waals surface area contributed by atoms with Gasteiger partial charge in [-0.3, -0.25) is 0 Å². The number of benzene rings is 1. The van der Waals surface area contributed by atoms with E-state index in [4.69, 9.17) is 0 Å². The van der Waals surface area contributed by atoms with Gasteiger partial charge in [0.25, 0.3) is 0 Å². The van der Waals surface area contributed by atoms with E-state index in [0.29, 0.717) is 5.56 Å². The van der Waals surface area contributed by atoms with Crippen LogP contribution in [0.15, 0.2) is 30.3 Å². The number of rotatable bonds is 2. The molecule has 1 aromatic carbocycles. The molecule has 0 spiro atoms. The van der Waals surface area contributed by atoms with Crippen LogP contribution in [-0.2, 0) is 6.18 Å². The SMILES string of the molecule is CNc1cc(-c2ccccc2C)nc(C(F)(F)F)n1. The van der Waals surface area contributed by atoms with Crippen molar-refractivity contribution in [1.29, 1.82) is 0 Å². The summed E-state index contributed by atoms with van der Waals surface area (Å²) in [6.07, 6.45) is -4.57. The molecule has 0 aliphatic heterocycles. The molecule has 100 valence electrons. The molecule has 0 fully saturated rings. The summed E-state index contributed by atoms with van der Waals surface area (Å²) in [6, 6.07) is 8.64. The Morgan fingerprint density at radius 1 is 1.11 bits per heavy atom. The van der Waals surface area contributed by atoms with Crippen molar-refractivity contribution in [3.8, 4) is 11.3 Å². The lowest BCUT2D eigenvalue weighted by molar-refractivity contribution is -0.144. The fourth-order valence-electron chi connectivity index (χ4n) is 1.70. The van der Waals surface area contributed by atoms with Gasteiger partial charge < -0.3 is 5.32 Å². The Bertz CT molecular complexity index is 594. The van der Waals surface area contributed by atoms with E-state index in [2.05, 4.69) is 15.3 Å². The normalized spacial score (nSPS) is 11.4. The summed E-state index contributed by atoms with van der Waals surface area (Å²) in [7, 11) is 1.52. The van der Waals surface area contributed by atoms with Crippen LogP contribution >= 0.6 is 0 Å². The zero-order chi connectivity index (χ0) is 14.0. The molecule has 0 aliphatic carbocycles. The predicted octanol–water partition coefficient (Wildman–Crippen LogP) is 3.51. The Morgan fingerprint density at radius 3 is 2.37 bits per heavy atom. The van der Waals surface area contributed by atoms with Crippen LogP contribution in [0.2, 0.25) is 0 Å². The minimum absolute atomic E-state index is 0.139. The first-order chi connectivity index (χ1) is 8.91. The van der Waals surface area contributed by atoms with Crippen molar-refractivity contribution < 1.29 is 13.2 Å². The number of aryl methyl sites for hydroxylation is 1. The quantitative estimate of drug-likeness (QED) is 0.904. The highest BCUT2D eigenvalue weighted by atomic mass is 19.4. The molecule has 1 N–H and O–H groups in total. The zero-order valence-corrected chi connectivity index (χ0v) is 10.4. The summed E-state index contributed by atoms with van der Waals surface area (Å²) >= 11 is 0. The predicted molar refractivity (Wildman–Crippen MR) is 66.8 cm³/mol. The number of anilines is 1. The number of nitrogens with zero attached hydrogens (tertiary/aromatic N) is 2. The van der Waals surface area contributed by atoms with E-state index in [9.17, 15) is 13.2 Å². The molecule has 0 radical (unpaired) electrons. The van der Waals surface area contributed by atoms with Crippen LogP contribution in [0.1, 0.15) is 11.4 Å². The Hall–Kier alpha value is -2.11. The highest BCUT2D eigenvalue weighted by Crippen LogP contribution is 2.30. The molecule has 0 aliphatic rings. The average Bonchev–Trinajstić information content (AvgIpc) is 2.37. The van der Waals surface area contributed by atoms with Crippen LogP contribution in [0.3, 0.4) is 0 Å². The standard InChI is InChI=1S/C13H12F3N3/c1-8-5-3-4-6-9(8)10-7-11(17-2)19-12(18-10)13(14,15)16/h3-7H,1-2H3,(H,17,18,19). The molecule has 0 saturated carbocycles. The summed E-state index contributed by atoms with van der Waals surface area (Å²) in [5.41, 5.74) is 1.77. The molecule has 6 heteroatoms. The number of hydrogen-bond acceptors (Lipinski definition) is 3. The van der Waals surface area contributed by atoms with Crippen molar-refractivity contribution in [3.05, 3.63) is 41.7 Å². The Morgan fingerprint density at radius 2 is 1.79 bits per heavy atom. The topological polar surface area (TPSA) is 37.8 Å². The van der Waals surface area contributed by atoms with Crippen LogP contribution in [0.5, 0.6) is 0 Å². The van der Waals surface area contributed by atoms with Gasteiger partial charge in [-0.15, -0.1) is 0 Å². The van der Waals surface area contributed by atoms with Gasteiger partial charge in [-0.1, -0.05) is 24.3 Å². The van der Waals surface area contributed by atoms with Crippen LogP contribution in [-0.4, -0.2) is 17.0 Å². The summed E-state index contributed by atoms with van der Waals surface area (Å²) < 4.78 is 38.2. The van der Waals surface area contributed by atoms with Crippen molar-refractivity contribution in [2.45, 2.75) is 13.1 Å². The number of nitrogens with one attached hydrogen (secondary N) is 1. The third-order valence-electron chi connectivity index (χ3n) is 2.66. The van der Waals surface area contributed by atoms with Crippen molar-refractivity contribution in [2.75, 3.05) is 12.4 Å². The maximum Gasteiger partial charge on any atom is 0.451 e. The minimum Gasteiger partial charge on any atom is -0.373 e. The Balaban J connectivity index is 2.61. The summed E-state index contributed by atoms with van der Waals surface area (Å²) in [4.78, 5) is 7.04. The lowest BCUT2D eigenvalue weighted by Crippen LogP contribution is -2.13. The number of halogens is 3. The van der Waals surface area contributed by atoms with Crippen molar-refractivity contribution in [2.24, 2.45) is 0 Å². The third kappa shape index (κ3) is 2.83. The molecular weight excluding hydrogens is 255 g/mol. The monoisotopic (exact) mass is 267 g/mol. The molecule has 0 amide bonds. The first kappa shape index (κ1) is 13.3. The number of alkyl halides is 3. The lowest BCUT2D eigenvalue weighted by atomic mass is 10.1. The number of hydrogen-bond donors (Lipinski definition) is 1. The third-order valence-corrected chi connectivity index (χ3v) is 2.66. The maximum atomic E-state index is 12.7. The minimum atomic E-state index is -4.57. The Labute approximate surface area is 108 Å². The molecule has 0 unspecified atom stereocenters. The van der Waals surface area contributed by atoms with Gasteiger partial charge in [0.05, 0.1) is 5.69 Å². The lowest BCUT2D eigenvalue weighted by Gasteiger charge is -2.11. The first-order valence-electron chi connectivity index (χ1n) is 5.62. The molecule has 3 nitrogen and oxygen atoms in total.